The van der Waals surface area contributed by atoms with Gasteiger partial charge in [0.25, 0.3) is 0 Å². The third-order valence-electron chi connectivity index (χ3n) is 15.6. The summed E-state index contributed by atoms with van der Waals surface area (Å²) in [5, 5.41) is 11.0. The Hall–Kier alpha value is -6.28. The molecule has 0 fully saturated rings. The summed E-state index contributed by atoms with van der Waals surface area (Å²) in [6.07, 6.45) is 12.0. The zero-order chi connectivity index (χ0) is 52.9. The Balaban J connectivity index is 1.34. The van der Waals surface area contributed by atoms with Crippen molar-refractivity contribution in [1.82, 2.24) is 0 Å². The Kier molecular flexibility index (Phi) is 16.6. The molecule has 3 aliphatic carbocycles. The molecular weight excluding hydrogens is 931 g/mol. The van der Waals surface area contributed by atoms with Crippen molar-refractivity contribution in [2.75, 3.05) is 31.3 Å². The summed E-state index contributed by atoms with van der Waals surface area (Å²) in [4.78, 5) is 32.5. The number of carbonyl (C=O) groups is 2. The van der Waals surface area contributed by atoms with Crippen LogP contribution in [0.25, 0.3) is 0 Å². The summed E-state index contributed by atoms with van der Waals surface area (Å²) in [5.74, 6) is 3.20. The lowest BCUT2D eigenvalue weighted by Crippen LogP contribution is -2.44. The van der Waals surface area contributed by atoms with Gasteiger partial charge in [0, 0.05) is 83.8 Å². The van der Waals surface area contributed by atoms with Gasteiger partial charge < -0.3 is 29.0 Å². The summed E-state index contributed by atoms with van der Waals surface area (Å²) >= 11 is 0. The highest BCUT2D eigenvalue weighted by Crippen LogP contribution is 2.56. The second-order valence-corrected chi connectivity index (χ2v) is 23.3. The molecule has 0 saturated heterocycles. The third kappa shape index (κ3) is 11.8. The van der Waals surface area contributed by atoms with E-state index in [9.17, 15) is 5.11 Å². The number of hydrogen-bond acceptors (Lipinski definition) is 8. The highest BCUT2D eigenvalue weighted by Gasteiger charge is 2.49. The first-order valence-corrected chi connectivity index (χ1v) is 28.3. The minimum absolute atomic E-state index is 0.0466. The number of allylic oxidation sites excluding steroid dienone is 4. The molecule has 0 aromatic heterocycles. The molecule has 8 heteroatoms. The number of phenols is 1. The number of ketones is 2. The van der Waals surface area contributed by atoms with Crippen LogP contribution in [-0.2, 0) is 35.3 Å². The molecule has 0 atom stereocenters. The van der Waals surface area contributed by atoms with E-state index in [1.165, 1.54) is 0 Å². The van der Waals surface area contributed by atoms with Gasteiger partial charge in [0.15, 0.2) is 11.6 Å². The Bertz CT molecular complexity index is 2810. The topological polar surface area (TPSA) is 94.5 Å². The van der Waals surface area contributed by atoms with Crippen molar-refractivity contribution >= 4 is 17.3 Å². The Morgan fingerprint density at radius 2 is 0.800 bits per heavy atom. The average molecular weight is 1010 g/mol. The fourth-order valence-electron chi connectivity index (χ4n) is 12.0. The van der Waals surface area contributed by atoms with Crippen molar-refractivity contribution < 1.29 is 33.6 Å². The van der Waals surface area contributed by atoms with Gasteiger partial charge in [0.2, 0.25) is 0 Å². The minimum atomic E-state index is -0.590. The van der Waals surface area contributed by atoms with Crippen LogP contribution in [0.3, 0.4) is 0 Å². The maximum Gasteiger partial charge on any atom is 0.162 e. The number of nitrogens with zero attached hydrogens (tertiary/aromatic N) is 1. The predicted molar refractivity (Wildman–Crippen MR) is 302 cm³/mol. The molecule has 0 saturated carbocycles. The number of rotatable bonds is 18. The van der Waals surface area contributed by atoms with E-state index in [0.717, 1.165) is 142 Å². The number of anilines is 1. The lowest BCUT2D eigenvalue weighted by molar-refractivity contribution is -0.119. The standard InChI is InChI=1S/C67H81NO7/c1-9-13-29-72-62-45-22-17-23-46(62)34-48-25-19-27-50(64(48)74-31-15-11-3)36-52-38-53(37-51(65(52)75-32-16-12-4)35-49-26-18-24-47(33-45)63(49)73-30-14-10-2)68-55-40-66(5,6)42-57(70)60(55)59(44-21-20-28-54(69)39-44)61-56(68)41-67(7,8)43-58(61)71/h17-28,37-39,59,69H,9-16,29-36,40-43H2,1-8H3. The third-order valence-corrected chi connectivity index (χ3v) is 15.6. The van der Waals surface area contributed by atoms with E-state index in [2.05, 4.69) is 127 Å². The van der Waals surface area contributed by atoms with Gasteiger partial charge in [-0.15, -0.1) is 0 Å². The number of Topliss-reactive ketones (excluding diaryl/α,β-unsaturated/α-hetero) is 2. The maximum atomic E-state index is 15.1. The molecular formula is C67H81NO7. The fourth-order valence-corrected chi connectivity index (χ4v) is 12.0. The smallest absolute Gasteiger partial charge is 0.162 e. The summed E-state index contributed by atoms with van der Waals surface area (Å²) in [7, 11) is 0. The van der Waals surface area contributed by atoms with Crippen LogP contribution in [0.2, 0.25) is 0 Å². The van der Waals surface area contributed by atoms with Gasteiger partial charge in [-0.25, -0.2) is 0 Å². The number of aromatic hydroxyl groups is 1. The van der Waals surface area contributed by atoms with Crippen LogP contribution < -0.4 is 23.8 Å². The average Bonchev–Trinajstić information content (AvgIpc) is 3.45. The molecule has 1 aliphatic heterocycles. The van der Waals surface area contributed by atoms with Gasteiger partial charge in [-0.3, -0.25) is 9.59 Å². The van der Waals surface area contributed by atoms with Crippen molar-refractivity contribution in [3.8, 4) is 28.7 Å². The highest BCUT2D eigenvalue weighted by molar-refractivity contribution is 6.08. The second kappa shape index (κ2) is 23.3. The van der Waals surface area contributed by atoms with Crippen LogP contribution in [-0.4, -0.2) is 43.1 Å². The normalized spacial score (nSPS) is 17.1. The van der Waals surface area contributed by atoms with Crippen molar-refractivity contribution in [1.29, 1.82) is 0 Å². The molecule has 0 radical (unpaired) electrons. The number of hydrogen-bond donors (Lipinski definition) is 1. The molecule has 396 valence electrons. The molecule has 8 bridgehead atoms. The van der Waals surface area contributed by atoms with Gasteiger partial charge in [0.1, 0.15) is 28.7 Å². The number of phenolic OH excluding ortho intramolecular Hbond substituents is 1. The summed E-state index contributed by atoms with van der Waals surface area (Å²) in [5.41, 5.74) is 12.8. The molecule has 8 nitrogen and oxygen atoms in total. The molecule has 4 aliphatic rings. The predicted octanol–water partition coefficient (Wildman–Crippen LogP) is 15.7. The van der Waals surface area contributed by atoms with Gasteiger partial charge in [0.05, 0.1) is 26.4 Å². The van der Waals surface area contributed by atoms with E-state index in [4.69, 9.17) is 18.9 Å². The molecule has 5 aromatic rings. The molecule has 5 aromatic carbocycles. The summed E-state index contributed by atoms with van der Waals surface area (Å²) in [6.45, 7) is 19.9. The van der Waals surface area contributed by atoms with Gasteiger partial charge in [-0.1, -0.05) is 148 Å². The molecule has 0 spiro atoms. The molecule has 1 heterocycles. The van der Waals surface area contributed by atoms with E-state index in [-0.39, 0.29) is 28.1 Å². The quantitative estimate of drug-likeness (QED) is 0.0851. The summed E-state index contributed by atoms with van der Waals surface area (Å²) in [6, 6.07) is 31.5. The monoisotopic (exact) mass is 1010 g/mol. The highest BCUT2D eigenvalue weighted by atomic mass is 16.5. The van der Waals surface area contributed by atoms with Crippen LogP contribution >= 0.6 is 0 Å². The Morgan fingerprint density at radius 3 is 1.15 bits per heavy atom. The SMILES string of the molecule is CCCCOc1c2cccc1Cc1cccc(c1OCCCC)Cc1cc(N3C4=C(C(=O)CC(C)(C)C4)C(c4cccc(O)c4)C4=C3CC(C)(C)CC4=O)cc(c1OCCCC)Cc1cccc(c1OCCCC)C2. The van der Waals surface area contributed by atoms with E-state index in [1.54, 1.807) is 12.1 Å². The number of carbonyl (C=O) groups excluding carboxylic acids is 2. The van der Waals surface area contributed by atoms with Crippen molar-refractivity contribution in [2.45, 2.75) is 164 Å². The minimum Gasteiger partial charge on any atom is -0.508 e. The number of fused-ring (bicyclic) bond motifs is 8. The Morgan fingerprint density at radius 1 is 0.467 bits per heavy atom. The lowest BCUT2D eigenvalue weighted by Gasteiger charge is -2.49. The molecule has 9 rings (SSSR count). The molecule has 1 N–H and O–H groups in total. The first kappa shape index (κ1) is 53.5. The van der Waals surface area contributed by atoms with E-state index >= 15 is 9.59 Å². The zero-order valence-corrected chi connectivity index (χ0v) is 46.2. The Labute approximate surface area is 447 Å². The largest absolute Gasteiger partial charge is 0.508 e. The summed E-state index contributed by atoms with van der Waals surface area (Å²) < 4.78 is 27.9. The van der Waals surface area contributed by atoms with Crippen LogP contribution in [0.4, 0.5) is 5.69 Å². The molecule has 0 amide bonds. The van der Waals surface area contributed by atoms with Crippen LogP contribution in [0.15, 0.2) is 114 Å². The van der Waals surface area contributed by atoms with E-state index in [0.29, 0.717) is 88.9 Å². The van der Waals surface area contributed by atoms with Crippen molar-refractivity contribution in [3.63, 3.8) is 0 Å². The number of benzene rings is 5. The first-order valence-electron chi connectivity index (χ1n) is 28.3. The first-order chi connectivity index (χ1) is 36.2. The maximum absolute atomic E-state index is 15.1. The van der Waals surface area contributed by atoms with E-state index in [1.807, 2.05) is 12.1 Å². The number of ether oxygens (including phenoxy) is 4. The van der Waals surface area contributed by atoms with Gasteiger partial charge in [-0.05, 0) is 113 Å². The fraction of sp³-hybridized carbons (Fsp3) is 0.463. The lowest BCUT2D eigenvalue weighted by atomic mass is 9.63. The second-order valence-electron chi connectivity index (χ2n) is 23.3. The van der Waals surface area contributed by atoms with E-state index < -0.39 is 5.92 Å². The molecule has 0 unspecified atom stereocenters. The van der Waals surface area contributed by atoms with Crippen LogP contribution in [0.1, 0.15) is 188 Å². The van der Waals surface area contributed by atoms with Crippen molar-refractivity contribution in [2.24, 2.45) is 10.8 Å². The van der Waals surface area contributed by atoms with Gasteiger partial charge >= 0.3 is 0 Å². The van der Waals surface area contributed by atoms with Gasteiger partial charge in [-0.2, -0.15) is 0 Å². The van der Waals surface area contributed by atoms with Crippen molar-refractivity contribution in [3.05, 3.63) is 164 Å². The number of unbranched alkanes of at least 4 members (excludes halogenated alkanes) is 4. The van der Waals surface area contributed by atoms with Crippen LogP contribution in [0, 0.1) is 10.8 Å². The zero-order valence-electron chi connectivity index (χ0n) is 46.2. The van der Waals surface area contributed by atoms with Crippen LogP contribution in [0.5, 0.6) is 28.7 Å². The molecule has 75 heavy (non-hydrogen) atoms. The number of para-hydroxylation sites is 3.